The highest BCUT2D eigenvalue weighted by Crippen LogP contribution is 2.35. The van der Waals surface area contributed by atoms with E-state index in [9.17, 15) is 4.79 Å². The van der Waals surface area contributed by atoms with Gasteiger partial charge >= 0.3 is 0 Å². The number of hydrogen-bond acceptors (Lipinski definition) is 2. The number of carbonyl (C=O) groups is 1. The molecule has 2 aliphatic rings. The zero-order valence-corrected chi connectivity index (χ0v) is 13.8. The highest BCUT2D eigenvalue weighted by atomic mass is 79.9. The average molecular weight is 352 g/mol. The third-order valence-electron chi connectivity index (χ3n) is 4.09. The van der Waals surface area contributed by atoms with Crippen molar-refractivity contribution in [3.63, 3.8) is 0 Å². The monoisotopic (exact) mass is 351 g/mol. The molecule has 1 aromatic carbocycles. The quantitative estimate of drug-likeness (QED) is 0.662. The van der Waals surface area contributed by atoms with Gasteiger partial charge in [-0.25, -0.2) is 0 Å². The molecule has 21 heavy (non-hydrogen) atoms. The van der Waals surface area contributed by atoms with Gasteiger partial charge in [-0.2, -0.15) is 0 Å². The van der Waals surface area contributed by atoms with E-state index in [4.69, 9.17) is 4.74 Å². The van der Waals surface area contributed by atoms with Crippen molar-refractivity contribution >= 4 is 21.8 Å². The first-order chi connectivity index (χ1) is 10.2. The fourth-order valence-corrected chi connectivity index (χ4v) is 2.93. The lowest BCUT2D eigenvalue weighted by atomic mass is 10.2. The molecule has 0 aliphatic heterocycles. The molecule has 4 heteroatoms. The zero-order valence-electron chi connectivity index (χ0n) is 12.3. The van der Waals surface area contributed by atoms with Crippen molar-refractivity contribution in [1.29, 1.82) is 0 Å². The molecule has 0 saturated heterocycles. The predicted octanol–water partition coefficient (Wildman–Crippen LogP) is 4.01. The minimum absolute atomic E-state index is 0.320. The molecule has 3 rings (SSSR count). The molecule has 114 valence electrons. The van der Waals surface area contributed by atoms with Crippen LogP contribution in [0.25, 0.3) is 0 Å². The van der Waals surface area contributed by atoms with E-state index in [0.29, 0.717) is 25.0 Å². The lowest BCUT2D eigenvalue weighted by Gasteiger charge is -2.22. The first-order valence-electron chi connectivity index (χ1n) is 7.91. The van der Waals surface area contributed by atoms with E-state index in [-0.39, 0.29) is 0 Å². The maximum absolute atomic E-state index is 12.3. The van der Waals surface area contributed by atoms with Crippen LogP contribution in [0.1, 0.15) is 38.5 Å². The number of carbonyl (C=O) groups excluding carboxylic acids is 1. The van der Waals surface area contributed by atoms with Crippen LogP contribution in [0.4, 0.5) is 0 Å². The van der Waals surface area contributed by atoms with Crippen molar-refractivity contribution in [2.45, 2.75) is 44.6 Å². The Morgan fingerprint density at radius 3 is 2.67 bits per heavy atom. The summed E-state index contributed by atoms with van der Waals surface area (Å²) in [5.74, 6) is 1.95. The van der Waals surface area contributed by atoms with Crippen molar-refractivity contribution in [3.8, 4) is 5.75 Å². The summed E-state index contributed by atoms with van der Waals surface area (Å²) >= 11 is 3.46. The summed E-state index contributed by atoms with van der Waals surface area (Å²) in [4.78, 5) is 14.5. The Morgan fingerprint density at radius 2 is 2.00 bits per heavy atom. The number of hydrogen-bond donors (Lipinski definition) is 0. The van der Waals surface area contributed by atoms with Gasteiger partial charge in [0.25, 0.3) is 0 Å². The lowest BCUT2D eigenvalue weighted by molar-refractivity contribution is -0.132. The zero-order chi connectivity index (χ0) is 14.7. The predicted molar refractivity (Wildman–Crippen MR) is 86.3 cm³/mol. The summed E-state index contributed by atoms with van der Waals surface area (Å²) in [6.45, 7) is 1.59. The van der Waals surface area contributed by atoms with Gasteiger partial charge in [0.1, 0.15) is 5.75 Å². The van der Waals surface area contributed by atoms with Crippen LogP contribution < -0.4 is 4.74 Å². The Balaban J connectivity index is 1.39. The van der Waals surface area contributed by atoms with E-state index in [1.54, 1.807) is 0 Å². The maximum Gasteiger partial charge on any atom is 0.222 e. The fourth-order valence-electron chi connectivity index (χ4n) is 2.53. The van der Waals surface area contributed by atoms with E-state index in [1.165, 1.54) is 25.7 Å². The van der Waals surface area contributed by atoms with Gasteiger partial charge in [-0.05, 0) is 66.1 Å². The van der Waals surface area contributed by atoms with Crippen molar-refractivity contribution in [3.05, 3.63) is 28.7 Å². The summed E-state index contributed by atoms with van der Waals surface area (Å²) in [5, 5.41) is 0. The summed E-state index contributed by atoms with van der Waals surface area (Å²) in [5.41, 5.74) is 0. The summed E-state index contributed by atoms with van der Waals surface area (Å²) < 4.78 is 6.68. The molecule has 0 radical (unpaired) electrons. The van der Waals surface area contributed by atoms with Gasteiger partial charge in [-0.15, -0.1) is 0 Å². The Bertz CT molecular complexity index is 497. The van der Waals surface area contributed by atoms with Crippen LogP contribution in [0.3, 0.4) is 0 Å². The highest BCUT2D eigenvalue weighted by molar-refractivity contribution is 9.10. The Labute approximate surface area is 134 Å². The second kappa shape index (κ2) is 6.82. The molecule has 3 nitrogen and oxygen atoms in total. The van der Waals surface area contributed by atoms with Gasteiger partial charge in [0, 0.05) is 19.0 Å². The molecule has 1 amide bonds. The molecule has 0 N–H and O–H groups in total. The van der Waals surface area contributed by atoms with Gasteiger partial charge in [-0.3, -0.25) is 4.79 Å². The topological polar surface area (TPSA) is 29.5 Å². The van der Waals surface area contributed by atoms with E-state index >= 15 is 0 Å². The van der Waals surface area contributed by atoms with E-state index in [1.807, 2.05) is 24.3 Å². The van der Waals surface area contributed by atoms with Gasteiger partial charge in [-0.1, -0.05) is 12.1 Å². The SMILES string of the molecule is O=C(CCCOc1ccccc1Br)N(CC1CC1)C1CC1. The van der Waals surface area contributed by atoms with E-state index in [0.717, 1.165) is 29.1 Å². The molecule has 2 aliphatic carbocycles. The average Bonchev–Trinajstić information content (AvgIpc) is 3.36. The van der Waals surface area contributed by atoms with Crippen LogP contribution in [-0.2, 0) is 4.79 Å². The summed E-state index contributed by atoms with van der Waals surface area (Å²) in [7, 11) is 0. The maximum atomic E-state index is 12.3. The third-order valence-corrected chi connectivity index (χ3v) is 4.74. The number of benzene rings is 1. The first kappa shape index (κ1) is 14.9. The number of halogens is 1. The van der Waals surface area contributed by atoms with E-state index < -0.39 is 0 Å². The van der Waals surface area contributed by atoms with Crippen LogP contribution in [-0.4, -0.2) is 30.0 Å². The summed E-state index contributed by atoms with van der Waals surface area (Å²) in [6.07, 6.45) is 6.41. The summed E-state index contributed by atoms with van der Waals surface area (Å²) in [6, 6.07) is 8.37. The van der Waals surface area contributed by atoms with Crippen molar-refractivity contribution in [1.82, 2.24) is 4.90 Å². The minimum atomic E-state index is 0.320. The molecule has 2 fully saturated rings. The molecule has 1 aromatic rings. The molecule has 2 saturated carbocycles. The normalized spacial score (nSPS) is 17.6. The van der Waals surface area contributed by atoms with Crippen LogP contribution in [0, 0.1) is 5.92 Å². The van der Waals surface area contributed by atoms with Gasteiger partial charge < -0.3 is 9.64 Å². The van der Waals surface area contributed by atoms with Gasteiger partial charge in [0.05, 0.1) is 11.1 Å². The number of para-hydroxylation sites is 1. The van der Waals surface area contributed by atoms with Crippen molar-refractivity contribution in [2.75, 3.05) is 13.2 Å². The minimum Gasteiger partial charge on any atom is -0.492 e. The van der Waals surface area contributed by atoms with Crippen LogP contribution in [0.2, 0.25) is 0 Å². The second-order valence-electron chi connectivity index (χ2n) is 6.10. The Kier molecular flexibility index (Phi) is 4.84. The van der Waals surface area contributed by atoms with Gasteiger partial charge in [0.15, 0.2) is 0 Å². The van der Waals surface area contributed by atoms with Crippen LogP contribution in [0.5, 0.6) is 5.75 Å². The fraction of sp³-hybridized carbons (Fsp3) is 0.588. The van der Waals surface area contributed by atoms with Crippen molar-refractivity contribution in [2.24, 2.45) is 5.92 Å². The first-order valence-corrected chi connectivity index (χ1v) is 8.70. The number of nitrogens with zero attached hydrogens (tertiary/aromatic N) is 1. The third kappa shape index (κ3) is 4.47. The second-order valence-corrected chi connectivity index (χ2v) is 6.96. The Morgan fingerprint density at radius 1 is 1.24 bits per heavy atom. The van der Waals surface area contributed by atoms with Crippen molar-refractivity contribution < 1.29 is 9.53 Å². The number of rotatable bonds is 8. The highest BCUT2D eigenvalue weighted by Gasteiger charge is 2.35. The molecule has 0 aromatic heterocycles. The molecular formula is C17H22BrNO2. The molecule has 0 bridgehead atoms. The molecule has 0 heterocycles. The standard InChI is InChI=1S/C17H22BrNO2/c18-15-4-1-2-5-16(15)21-11-3-6-17(20)19(14-9-10-14)12-13-7-8-13/h1-2,4-5,13-14H,3,6-12H2. The molecule has 0 spiro atoms. The van der Waals surface area contributed by atoms with Crippen LogP contribution >= 0.6 is 15.9 Å². The Hall–Kier alpha value is -1.03. The lowest BCUT2D eigenvalue weighted by Crippen LogP contribution is -2.34. The van der Waals surface area contributed by atoms with Crippen LogP contribution in [0.15, 0.2) is 28.7 Å². The van der Waals surface area contributed by atoms with E-state index in [2.05, 4.69) is 20.8 Å². The smallest absolute Gasteiger partial charge is 0.222 e. The number of ether oxygens (including phenoxy) is 1. The molecule has 0 unspecified atom stereocenters. The molecular weight excluding hydrogens is 330 g/mol. The number of amides is 1. The molecule has 0 atom stereocenters. The van der Waals surface area contributed by atoms with Gasteiger partial charge in [0.2, 0.25) is 5.91 Å². The largest absolute Gasteiger partial charge is 0.492 e.